The van der Waals surface area contributed by atoms with Gasteiger partial charge in [-0.2, -0.15) is 0 Å². The minimum atomic E-state index is -1.03. The van der Waals surface area contributed by atoms with Gasteiger partial charge >= 0.3 is 5.97 Å². The van der Waals surface area contributed by atoms with Crippen LogP contribution in [-0.2, 0) is 16.1 Å². The largest absolute Gasteiger partial charge is 0.462 e. The van der Waals surface area contributed by atoms with Crippen molar-refractivity contribution in [1.29, 1.82) is 0 Å². The van der Waals surface area contributed by atoms with Gasteiger partial charge in [-0.05, 0) is 25.8 Å². The summed E-state index contributed by atoms with van der Waals surface area (Å²) in [5.74, 6) is -1.09. The normalized spacial score (nSPS) is 17.6. The van der Waals surface area contributed by atoms with E-state index in [0.29, 0.717) is 28.7 Å². The number of halogens is 2. The van der Waals surface area contributed by atoms with Crippen LogP contribution in [0.4, 0.5) is 5.13 Å². The number of carbonyl (C=O) groups excluding carboxylic acids is 2. The summed E-state index contributed by atoms with van der Waals surface area (Å²) in [6.07, 6.45) is 0.412. The van der Waals surface area contributed by atoms with Gasteiger partial charge in [0.2, 0.25) is 5.91 Å². The van der Waals surface area contributed by atoms with Crippen LogP contribution >= 0.6 is 34.5 Å². The molecule has 3 rings (SSSR count). The molecule has 5 nitrogen and oxygen atoms in total. The molecule has 0 N–H and O–H groups in total. The number of hydrogen-bond acceptors (Lipinski definition) is 5. The van der Waals surface area contributed by atoms with Crippen LogP contribution < -0.4 is 4.90 Å². The molecule has 2 aromatic rings. The molecule has 0 saturated heterocycles. The van der Waals surface area contributed by atoms with Crippen LogP contribution in [0, 0.1) is 12.8 Å². The van der Waals surface area contributed by atoms with Crippen LogP contribution in [0.2, 0.25) is 0 Å². The van der Waals surface area contributed by atoms with E-state index in [9.17, 15) is 9.59 Å². The first-order chi connectivity index (χ1) is 12.3. The van der Waals surface area contributed by atoms with Crippen molar-refractivity contribution in [2.75, 3.05) is 11.5 Å². The third-order valence-corrected chi connectivity index (χ3v) is 6.05. The van der Waals surface area contributed by atoms with Gasteiger partial charge in [-0.1, -0.05) is 41.7 Å². The average Bonchev–Trinajstić information content (AvgIpc) is 3.07. The van der Waals surface area contributed by atoms with E-state index in [0.717, 1.165) is 16.9 Å². The second-order valence-corrected chi connectivity index (χ2v) is 8.58. The lowest BCUT2D eigenvalue weighted by molar-refractivity contribution is -0.119. The molecule has 26 heavy (non-hydrogen) atoms. The number of anilines is 1. The SMILES string of the molecule is CCOC(=O)c1sc(N(Cc2ccccc2)C(=O)C2CC2(Cl)Cl)nc1C. The minimum absolute atomic E-state index is 0.192. The molecule has 1 fully saturated rings. The Hall–Kier alpha value is -1.63. The van der Waals surface area contributed by atoms with Crippen molar-refractivity contribution in [2.24, 2.45) is 5.92 Å². The first-order valence-corrected chi connectivity index (χ1v) is 9.78. The highest BCUT2D eigenvalue weighted by molar-refractivity contribution is 7.17. The van der Waals surface area contributed by atoms with Crippen molar-refractivity contribution in [3.8, 4) is 0 Å². The van der Waals surface area contributed by atoms with Gasteiger partial charge < -0.3 is 4.74 Å². The zero-order chi connectivity index (χ0) is 18.9. The Morgan fingerprint density at radius 3 is 2.58 bits per heavy atom. The van der Waals surface area contributed by atoms with Crippen molar-refractivity contribution in [3.05, 3.63) is 46.5 Å². The second-order valence-electron chi connectivity index (χ2n) is 6.06. The molecule has 8 heteroatoms. The van der Waals surface area contributed by atoms with E-state index < -0.39 is 16.2 Å². The first-order valence-electron chi connectivity index (χ1n) is 8.21. The molecule has 1 saturated carbocycles. The van der Waals surface area contributed by atoms with Gasteiger partial charge in [0, 0.05) is 0 Å². The standard InChI is InChI=1S/C18H18Cl2N2O3S/c1-3-25-16(24)14-11(2)21-17(26-14)22(10-12-7-5-4-6-8-12)15(23)13-9-18(13,19)20/h4-8,13H,3,9-10H2,1-2H3. The maximum Gasteiger partial charge on any atom is 0.350 e. The number of amides is 1. The number of aryl methyl sites for hydroxylation is 1. The lowest BCUT2D eigenvalue weighted by atomic mass is 10.2. The Balaban J connectivity index is 1.92. The van der Waals surface area contributed by atoms with Crippen molar-refractivity contribution in [3.63, 3.8) is 0 Å². The summed E-state index contributed by atoms with van der Waals surface area (Å²) in [4.78, 5) is 31.4. The number of alkyl halides is 2. The maximum absolute atomic E-state index is 12.9. The van der Waals surface area contributed by atoms with E-state index in [2.05, 4.69) is 4.98 Å². The molecule has 1 unspecified atom stereocenters. The van der Waals surface area contributed by atoms with E-state index in [-0.39, 0.29) is 12.5 Å². The van der Waals surface area contributed by atoms with Crippen LogP contribution in [-0.4, -0.2) is 27.8 Å². The monoisotopic (exact) mass is 412 g/mol. The molecule has 1 aromatic carbocycles. The maximum atomic E-state index is 12.9. The minimum Gasteiger partial charge on any atom is -0.462 e. The highest BCUT2D eigenvalue weighted by Gasteiger charge is 2.57. The summed E-state index contributed by atoms with van der Waals surface area (Å²) in [6, 6.07) is 9.56. The predicted molar refractivity (Wildman–Crippen MR) is 103 cm³/mol. The molecule has 1 aliphatic rings. The van der Waals surface area contributed by atoms with Crippen LogP contribution in [0.5, 0.6) is 0 Å². The Labute approximate surface area is 165 Å². The number of benzene rings is 1. The summed E-state index contributed by atoms with van der Waals surface area (Å²) >= 11 is 13.3. The van der Waals surface area contributed by atoms with Gasteiger partial charge in [-0.25, -0.2) is 9.78 Å². The number of carbonyl (C=O) groups is 2. The molecule has 1 aliphatic carbocycles. The van der Waals surface area contributed by atoms with Crippen molar-refractivity contribution in [1.82, 2.24) is 4.98 Å². The van der Waals surface area contributed by atoms with Crippen LogP contribution in [0.25, 0.3) is 0 Å². The Morgan fingerprint density at radius 1 is 1.35 bits per heavy atom. The van der Waals surface area contributed by atoms with E-state index in [1.165, 1.54) is 0 Å². The van der Waals surface area contributed by atoms with Crippen molar-refractivity contribution >= 4 is 51.5 Å². The second kappa shape index (κ2) is 7.55. The Kier molecular flexibility index (Phi) is 5.55. The zero-order valence-electron chi connectivity index (χ0n) is 14.4. The first kappa shape index (κ1) is 19.1. The van der Waals surface area contributed by atoms with Crippen LogP contribution in [0.3, 0.4) is 0 Å². The molecule has 1 atom stereocenters. The number of nitrogens with zero attached hydrogens (tertiary/aromatic N) is 2. The summed E-state index contributed by atoms with van der Waals surface area (Å²) in [6.45, 7) is 4.08. The fraction of sp³-hybridized carbons (Fsp3) is 0.389. The number of aromatic nitrogens is 1. The molecular formula is C18H18Cl2N2O3S. The molecular weight excluding hydrogens is 395 g/mol. The van der Waals surface area contributed by atoms with Gasteiger partial charge in [-0.15, -0.1) is 23.2 Å². The number of esters is 1. The van der Waals surface area contributed by atoms with Gasteiger partial charge in [0.15, 0.2) is 5.13 Å². The molecule has 0 spiro atoms. The Bertz CT molecular complexity index is 823. The Morgan fingerprint density at radius 2 is 2.00 bits per heavy atom. The highest BCUT2D eigenvalue weighted by Crippen LogP contribution is 2.54. The number of hydrogen-bond donors (Lipinski definition) is 0. The number of thiazole rings is 1. The smallest absolute Gasteiger partial charge is 0.350 e. The molecule has 0 aliphatic heterocycles. The number of ether oxygens (including phenoxy) is 1. The molecule has 138 valence electrons. The topological polar surface area (TPSA) is 59.5 Å². The van der Waals surface area contributed by atoms with Crippen molar-refractivity contribution < 1.29 is 14.3 Å². The fourth-order valence-corrected chi connectivity index (χ4v) is 4.02. The zero-order valence-corrected chi connectivity index (χ0v) is 16.7. The van der Waals surface area contributed by atoms with Crippen molar-refractivity contribution in [2.45, 2.75) is 31.1 Å². The van der Waals surface area contributed by atoms with E-state index in [4.69, 9.17) is 27.9 Å². The van der Waals surface area contributed by atoms with Gasteiger partial charge in [0.1, 0.15) is 9.21 Å². The molecule has 1 amide bonds. The quantitative estimate of drug-likeness (QED) is 0.522. The number of rotatable bonds is 6. The fourth-order valence-electron chi connectivity index (χ4n) is 2.56. The van der Waals surface area contributed by atoms with Gasteiger partial charge in [-0.3, -0.25) is 9.69 Å². The summed E-state index contributed by atoms with van der Waals surface area (Å²) in [7, 11) is 0. The van der Waals surface area contributed by atoms with E-state index in [1.54, 1.807) is 18.7 Å². The lowest BCUT2D eigenvalue weighted by Crippen LogP contribution is -2.33. The van der Waals surface area contributed by atoms with E-state index in [1.807, 2.05) is 30.3 Å². The molecule has 0 bridgehead atoms. The average molecular weight is 413 g/mol. The third kappa shape index (κ3) is 4.03. The lowest BCUT2D eigenvalue weighted by Gasteiger charge is -2.20. The summed E-state index contributed by atoms with van der Waals surface area (Å²) in [5, 5.41) is 0.440. The molecule has 1 aromatic heterocycles. The summed E-state index contributed by atoms with van der Waals surface area (Å²) in [5.41, 5.74) is 1.48. The summed E-state index contributed by atoms with van der Waals surface area (Å²) < 4.78 is 4.03. The van der Waals surface area contributed by atoms with Crippen LogP contribution in [0.1, 0.15) is 34.3 Å². The van der Waals surface area contributed by atoms with Gasteiger partial charge in [0.25, 0.3) is 0 Å². The van der Waals surface area contributed by atoms with Crippen LogP contribution in [0.15, 0.2) is 30.3 Å². The molecule has 1 heterocycles. The van der Waals surface area contributed by atoms with E-state index >= 15 is 0 Å². The molecule has 0 radical (unpaired) electrons. The van der Waals surface area contributed by atoms with Gasteiger partial charge in [0.05, 0.1) is 24.8 Å². The third-order valence-electron chi connectivity index (χ3n) is 4.05. The predicted octanol–water partition coefficient (Wildman–Crippen LogP) is 4.36. The highest BCUT2D eigenvalue weighted by atomic mass is 35.5.